The SMILES string of the molecule is CNC(=O)Oc1ccc(C(=O)NC)cc1. The zero-order valence-corrected chi connectivity index (χ0v) is 8.53. The number of ether oxygens (including phenoxy) is 1. The first-order chi connectivity index (χ1) is 7.17. The zero-order chi connectivity index (χ0) is 11.3. The van der Waals surface area contributed by atoms with E-state index in [1.165, 1.54) is 7.05 Å². The van der Waals surface area contributed by atoms with Crippen LogP contribution < -0.4 is 15.4 Å². The van der Waals surface area contributed by atoms with Gasteiger partial charge >= 0.3 is 6.09 Å². The van der Waals surface area contributed by atoms with Crippen molar-refractivity contribution in [1.82, 2.24) is 10.6 Å². The van der Waals surface area contributed by atoms with E-state index in [-0.39, 0.29) is 5.91 Å². The highest BCUT2D eigenvalue weighted by atomic mass is 16.5. The van der Waals surface area contributed by atoms with E-state index in [9.17, 15) is 9.59 Å². The summed E-state index contributed by atoms with van der Waals surface area (Å²) in [6.07, 6.45) is -0.539. The highest BCUT2D eigenvalue weighted by molar-refractivity contribution is 5.94. The van der Waals surface area contributed by atoms with E-state index in [1.54, 1.807) is 31.3 Å². The summed E-state index contributed by atoms with van der Waals surface area (Å²) in [5.74, 6) is 0.212. The van der Waals surface area contributed by atoms with Crippen LogP contribution >= 0.6 is 0 Å². The maximum Gasteiger partial charge on any atom is 0.412 e. The molecule has 5 heteroatoms. The lowest BCUT2D eigenvalue weighted by Gasteiger charge is -2.04. The molecule has 0 atom stereocenters. The summed E-state index contributed by atoms with van der Waals surface area (Å²) in [4.78, 5) is 22.0. The van der Waals surface area contributed by atoms with Crippen molar-refractivity contribution in [3.05, 3.63) is 29.8 Å². The first-order valence-electron chi connectivity index (χ1n) is 4.39. The first kappa shape index (κ1) is 11.0. The molecule has 0 aliphatic carbocycles. The molecular weight excluding hydrogens is 196 g/mol. The van der Waals surface area contributed by atoms with Crippen molar-refractivity contribution in [2.24, 2.45) is 0 Å². The summed E-state index contributed by atoms with van der Waals surface area (Å²) in [5.41, 5.74) is 0.516. The summed E-state index contributed by atoms with van der Waals surface area (Å²) in [5, 5.41) is 4.82. The Morgan fingerprint density at radius 2 is 1.67 bits per heavy atom. The number of amides is 2. The van der Waals surface area contributed by atoms with Crippen LogP contribution in [-0.4, -0.2) is 26.1 Å². The van der Waals surface area contributed by atoms with Crippen LogP contribution in [0.2, 0.25) is 0 Å². The van der Waals surface area contributed by atoms with Crippen molar-refractivity contribution in [2.45, 2.75) is 0 Å². The molecule has 1 aromatic rings. The Labute approximate surface area is 87.4 Å². The second kappa shape index (κ2) is 4.99. The highest BCUT2D eigenvalue weighted by Crippen LogP contribution is 2.11. The van der Waals surface area contributed by atoms with Crippen molar-refractivity contribution in [3.63, 3.8) is 0 Å². The average Bonchev–Trinajstić information content (AvgIpc) is 2.29. The molecule has 0 spiro atoms. The third-order valence-electron chi connectivity index (χ3n) is 1.76. The Kier molecular flexibility index (Phi) is 3.68. The Morgan fingerprint density at radius 3 is 2.13 bits per heavy atom. The highest BCUT2D eigenvalue weighted by Gasteiger charge is 2.04. The van der Waals surface area contributed by atoms with E-state index in [4.69, 9.17) is 4.74 Å². The van der Waals surface area contributed by atoms with E-state index >= 15 is 0 Å². The van der Waals surface area contributed by atoms with Crippen LogP contribution in [-0.2, 0) is 0 Å². The van der Waals surface area contributed by atoms with E-state index < -0.39 is 6.09 Å². The van der Waals surface area contributed by atoms with Gasteiger partial charge in [-0.3, -0.25) is 4.79 Å². The van der Waals surface area contributed by atoms with Gasteiger partial charge in [-0.25, -0.2) is 4.79 Å². The normalized spacial score (nSPS) is 9.20. The Hall–Kier alpha value is -2.04. The van der Waals surface area contributed by atoms with Crippen LogP contribution in [0.5, 0.6) is 5.75 Å². The standard InChI is InChI=1S/C10H12N2O3/c1-11-9(13)7-3-5-8(6-4-7)15-10(14)12-2/h3-6H,1-2H3,(H,11,13)(H,12,14). The quantitative estimate of drug-likeness (QED) is 0.754. The number of hydrogen-bond donors (Lipinski definition) is 2. The van der Waals surface area contributed by atoms with Crippen LogP contribution in [0.1, 0.15) is 10.4 Å². The van der Waals surface area contributed by atoms with Crippen LogP contribution in [0.3, 0.4) is 0 Å². The third kappa shape index (κ3) is 2.98. The predicted molar refractivity (Wildman–Crippen MR) is 54.9 cm³/mol. The molecule has 0 saturated heterocycles. The predicted octanol–water partition coefficient (Wildman–Crippen LogP) is 0.764. The molecule has 0 saturated carbocycles. The minimum atomic E-state index is -0.539. The summed E-state index contributed by atoms with van der Waals surface area (Å²) >= 11 is 0. The monoisotopic (exact) mass is 208 g/mol. The van der Waals surface area contributed by atoms with Gasteiger partial charge in [0.15, 0.2) is 0 Å². The summed E-state index contributed by atoms with van der Waals surface area (Å²) < 4.78 is 4.85. The molecule has 0 bridgehead atoms. The van der Waals surface area contributed by atoms with Crippen molar-refractivity contribution < 1.29 is 14.3 Å². The van der Waals surface area contributed by atoms with Gasteiger partial charge in [0.05, 0.1) is 0 Å². The topological polar surface area (TPSA) is 67.4 Å². The number of benzene rings is 1. The van der Waals surface area contributed by atoms with Crippen molar-refractivity contribution in [3.8, 4) is 5.75 Å². The second-order valence-corrected chi connectivity index (χ2v) is 2.74. The fourth-order valence-electron chi connectivity index (χ4n) is 0.977. The van der Waals surface area contributed by atoms with Crippen molar-refractivity contribution >= 4 is 12.0 Å². The molecule has 0 aliphatic heterocycles. The van der Waals surface area contributed by atoms with E-state index in [0.717, 1.165) is 0 Å². The molecule has 0 aromatic heterocycles. The van der Waals surface area contributed by atoms with Crippen LogP contribution in [0.4, 0.5) is 4.79 Å². The lowest BCUT2D eigenvalue weighted by Crippen LogP contribution is -2.22. The lowest BCUT2D eigenvalue weighted by atomic mass is 10.2. The van der Waals surface area contributed by atoms with Gasteiger partial charge in [-0.2, -0.15) is 0 Å². The number of rotatable bonds is 2. The van der Waals surface area contributed by atoms with Gasteiger partial charge in [0.1, 0.15) is 5.75 Å². The maximum absolute atomic E-state index is 11.2. The Morgan fingerprint density at radius 1 is 1.07 bits per heavy atom. The molecule has 0 fully saturated rings. The molecule has 0 radical (unpaired) electrons. The first-order valence-corrected chi connectivity index (χ1v) is 4.39. The molecule has 1 aromatic carbocycles. The van der Waals surface area contributed by atoms with Crippen LogP contribution in [0.25, 0.3) is 0 Å². The molecule has 15 heavy (non-hydrogen) atoms. The molecule has 0 heterocycles. The minimum Gasteiger partial charge on any atom is -0.410 e. The Bertz CT molecular complexity index is 359. The number of carbonyl (C=O) groups excluding carboxylic acids is 2. The fourth-order valence-corrected chi connectivity index (χ4v) is 0.977. The second-order valence-electron chi connectivity index (χ2n) is 2.74. The average molecular weight is 208 g/mol. The van der Waals surface area contributed by atoms with Crippen LogP contribution in [0.15, 0.2) is 24.3 Å². The molecule has 0 unspecified atom stereocenters. The maximum atomic E-state index is 11.2. The molecule has 2 amide bonds. The lowest BCUT2D eigenvalue weighted by molar-refractivity contribution is 0.0963. The summed E-state index contributed by atoms with van der Waals surface area (Å²) in [7, 11) is 3.03. The van der Waals surface area contributed by atoms with Gasteiger partial charge in [0, 0.05) is 19.7 Å². The molecule has 80 valence electrons. The van der Waals surface area contributed by atoms with Gasteiger partial charge in [-0.1, -0.05) is 0 Å². The smallest absolute Gasteiger partial charge is 0.410 e. The fraction of sp³-hybridized carbons (Fsp3) is 0.200. The van der Waals surface area contributed by atoms with Gasteiger partial charge in [-0.15, -0.1) is 0 Å². The summed E-state index contributed by atoms with van der Waals surface area (Å²) in [6, 6.07) is 6.27. The van der Waals surface area contributed by atoms with E-state index in [1.807, 2.05) is 0 Å². The van der Waals surface area contributed by atoms with Crippen molar-refractivity contribution in [1.29, 1.82) is 0 Å². The molecule has 5 nitrogen and oxygen atoms in total. The van der Waals surface area contributed by atoms with Gasteiger partial charge in [-0.05, 0) is 24.3 Å². The minimum absolute atomic E-state index is 0.179. The largest absolute Gasteiger partial charge is 0.412 e. The zero-order valence-electron chi connectivity index (χ0n) is 8.53. The summed E-state index contributed by atoms with van der Waals surface area (Å²) in [6.45, 7) is 0. The number of carbonyl (C=O) groups is 2. The van der Waals surface area contributed by atoms with Gasteiger partial charge < -0.3 is 15.4 Å². The number of hydrogen-bond acceptors (Lipinski definition) is 3. The number of nitrogens with one attached hydrogen (secondary N) is 2. The molecule has 1 rings (SSSR count). The van der Waals surface area contributed by atoms with Crippen molar-refractivity contribution in [2.75, 3.05) is 14.1 Å². The van der Waals surface area contributed by atoms with Crippen LogP contribution in [0, 0.1) is 0 Å². The van der Waals surface area contributed by atoms with E-state index in [2.05, 4.69) is 10.6 Å². The molecule has 2 N–H and O–H groups in total. The third-order valence-corrected chi connectivity index (χ3v) is 1.76. The van der Waals surface area contributed by atoms with Gasteiger partial charge in [0.2, 0.25) is 0 Å². The molecule has 0 aliphatic rings. The van der Waals surface area contributed by atoms with E-state index in [0.29, 0.717) is 11.3 Å². The Balaban J connectivity index is 2.72. The molecular formula is C10H12N2O3. The van der Waals surface area contributed by atoms with Gasteiger partial charge in [0.25, 0.3) is 5.91 Å².